The summed E-state index contributed by atoms with van der Waals surface area (Å²) >= 11 is 0. The van der Waals surface area contributed by atoms with Crippen LogP contribution in [0.1, 0.15) is 28.4 Å². The summed E-state index contributed by atoms with van der Waals surface area (Å²) in [5.74, 6) is 1.39. The summed E-state index contributed by atoms with van der Waals surface area (Å²) in [4.78, 5) is 15.7. The van der Waals surface area contributed by atoms with Gasteiger partial charge in [0.2, 0.25) is 0 Å². The summed E-state index contributed by atoms with van der Waals surface area (Å²) in [5.41, 5.74) is 1.92. The average Bonchev–Trinajstić information content (AvgIpc) is 2.81. The number of hydrogen-bond donors (Lipinski definition) is 2. The van der Waals surface area contributed by atoms with E-state index in [0.717, 1.165) is 39.3 Å². The highest BCUT2D eigenvalue weighted by Gasteiger charge is 2.26. The molecule has 6 nitrogen and oxygen atoms in total. The predicted molar refractivity (Wildman–Crippen MR) is 116 cm³/mol. The van der Waals surface area contributed by atoms with Crippen molar-refractivity contribution in [3.8, 4) is 11.5 Å². The zero-order chi connectivity index (χ0) is 21.3. The molecule has 1 fully saturated rings. The number of carbonyl (C=O) groups is 1. The smallest absolute Gasteiger partial charge is 0.168 e. The van der Waals surface area contributed by atoms with Crippen LogP contribution in [-0.2, 0) is 4.74 Å². The molecular weight excluding hydrogens is 451 g/mol. The van der Waals surface area contributed by atoms with Crippen molar-refractivity contribution < 1.29 is 53.6 Å². The van der Waals surface area contributed by atoms with Crippen LogP contribution in [0.4, 0.5) is 0 Å². The Labute approximate surface area is 203 Å². The summed E-state index contributed by atoms with van der Waals surface area (Å²) in [6.45, 7) is 6.23. The molecule has 0 amide bonds. The third-order valence-corrected chi connectivity index (χ3v) is 6.01. The van der Waals surface area contributed by atoms with Gasteiger partial charge in [-0.15, -0.1) is 0 Å². The van der Waals surface area contributed by atoms with Gasteiger partial charge in [-0.2, -0.15) is 0 Å². The number of rotatable bonds is 10. The van der Waals surface area contributed by atoms with Gasteiger partial charge in [0.25, 0.3) is 0 Å². The fourth-order valence-corrected chi connectivity index (χ4v) is 4.12. The lowest BCUT2D eigenvalue weighted by Gasteiger charge is -2.31. The summed E-state index contributed by atoms with van der Waals surface area (Å²) < 4.78 is 16.3. The van der Waals surface area contributed by atoms with E-state index in [4.69, 9.17) is 14.2 Å². The Morgan fingerprint density at radius 1 is 0.875 bits per heavy atom. The van der Waals surface area contributed by atoms with Gasteiger partial charge in [-0.05, 0) is 23.8 Å². The van der Waals surface area contributed by atoms with Crippen molar-refractivity contribution >= 4 is 5.78 Å². The topological polar surface area (TPSA) is 53.6 Å². The number of quaternary nitrogens is 2. The second-order valence-corrected chi connectivity index (χ2v) is 7.83. The molecule has 0 radical (unpaired) electrons. The lowest BCUT2D eigenvalue weighted by molar-refractivity contribution is -1.01. The normalized spacial score (nSPS) is 18.6. The zero-order valence-electron chi connectivity index (χ0n) is 19.0. The Bertz CT molecular complexity index is 815. The fraction of sp³-hybridized carbons (Fsp3) is 0.458. The molecule has 0 saturated carbocycles. The fourth-order valence-electron chi connectivity index (χ4n) is 4.12. The number of ether oxygens (including phenoxy) is 3. The Morgan fingerprint density at radius 3 is 2.09 bits per heavy atom. The average molecular weight is 485 g/mol. The van der Waals surface area contributed by atoms with Gasteiger partial charge in [-0.25, -0.2) is 0 Å². The summed E-state index contributed by atoms with van der Waals surface area (Å²) in [6.07, 6.45) is 0.680. The number of methoxy groups -OCH3 is 3. The van der Waals surface area contributed by atoms with Crippen LogP contribution in [0.5, 0.6) is 11.5 Å². The van der Waals surface area contributed by atoms with Gasteiger partial charge in [0, 0.05) is 12.7 Å². The molecule has 1 unspecified atom stereocenters. The molecular formula is C24H34Cl2N2O4. The molecule has 2 aromatic rings. The Hall–Kier alpha value is -1.83. The van der Waals surface area contributed by atoms with Crippen molar-refractivity contribution in [2.75, 3.05) is 60.6 Å². The number of nitrogens with one attached hydrogen (secondary N) is 2. The standard InChI is InChI=1S/C24H32N2O4.2ClH/c1-28-22-10-9-20(17-23(22)29-2)21(27)11-12-25-13-15-26(16-14-25)18-24(30-3)19-7-5-4-6-8-19;;/h4-10,17,24H,11-16,18H2,1-3H3;2*1H. The number of carbonyl (C=O) groups excluding carboxylic acids is 1. The van der Waals surface area contributed by atoms with E-state index in [1.165, 1.54) is 10.5 Å². The van der Waals surface area contributed by atoms with E-state index in [1.54, 1.807) is 38.4 Å². The highest BCUT2D eigenvalue weighted by molar-refractivity contribution is 5.96. The minimum absolute atomic E-state index is 0. The van der Waals surface area contributed by atoms with Crippen LogP contribution in [0.2, 0.25) is 0 Å². The first kappa shape index (κ1) is 28.2. The van der Waals surface area contributed by atoms with E-state index in [0.29, 0.717) is 23.5 Å². The maximum atomic E-state index is 12.6. The number of Topliss-reactive ketones (excluding diaryl/α,β-unsaturated/α-hetero) is 1. The van der Waals surface area contributed by atoms with Crippen molar-refractivity contribution in [3.05, 3.63) is 59.7 Å². The van der Waals surface area contributed by atoms with Crippen LogP contribution in [0.25, 0.3) is 0 Å². The first-order valence-corrected chi connectivity index (χ1v) is 10.6. The molecule has 8 heteroatoms. The van der Waals surface area contributed by atoms with Crippen LogP contribution in [0, 0.1) is 0 Å². The third kappa shape index (κ3) is 7.64. The first-order valence-electron chi connectivity index (χ1n) is 10.6. The van der Waals surface area contributed by atoms with Crippen LogP contribution >= 0.6 is 0 Å². The minimum atomic E-state index is 0. The van der Waals surface area contributed by atoms with E-state index in [1.807, 2.05) is 12.1 Å². The SMILES string of the molecule is COc1ccc(C(=O)CC[NH+]2CC[NH+](CC(OC)c3ccccc3)CC2)cc1OC.[Cl-].[Cl-]. The molecule has 1 aliphatic heterocycles. The molecule has 0 aliphatic carbocycles. The van der Waals surface area contributed by atoms with Gasteiger partial charge >= 0.3 is 0 Å². The Balaban J connectivity index is 0.00000256. The summed E-state index contributed by atoms with van der Waals surface area (Å²) in [7, 11) is 4.97. The second kappa shape index (κ2) is 14.3. The summed E-state index contributed by atoms with van der Waals surface area (Å²) in [5, 5.41) is 0. The van der Waals surface area contributed by atoms with Crippen molar-refractivity contribution in [2.45, 2.75) is 12.5 Å². The largest absolute Gasteiger partial charge is 1.00 e. The Morgan fingerprint density at radius 2 is 1.50 bits per heavy atom. The molecule has 0 aromatic heterocycles. The van der Waals surface area contributed by atoms with Crippen molar-refractivity contribution in [1.29, 1.82) is 0 Å². The van der Waals surface area contributed by atoms with Crippen LogP contribution in [0.15, 0.2) is 48.5 Å². The van der Waals surface area contributed by atoms with Crippen molar-refractivity contribution in [3.63, 3.8) is 0 Å². The predicted octanol–water partition coefficient (Wildman–Crippen LogP) is -5.54. The molecule has 1 atom stereocenters. The zero-order valence-corrected chi connectivity index (χ0v) is 20.5. The van der Waals surface area contributed by atoms with Gasteiger partial charge in [0.15, 0.2) is 17.3 Å². The van der Waals surface area contributed by atoms with E-state index >= 15 is 0 Å². The molecule has 1 aliphatic rings. The molecule has 178 valence electrons. The molecule has 2 aromatic carbocycles. The van der Waals surface area contributed by atoms with Gasteiger partial charge < -0.3 is 48.8 Å². The first-order chi connectivity index (χ1) is 14.6. The van der Waals surface area contributed by atoms with Gasteiger partial charge in [-0.1, -0.05) is 30.3 Å². The molecule has 3 rings (SSSR count). The maximum Gasteiger partial charge on any atom is 0.168 e. The molecule has 0 spiro atoms. The minimum Gasteiger partial charge on any atom is -1.00 e. The number of piperazine rings is 1. The number of ketones is 1. The van der Waals surface area contributed by atoms with E-state index in [2.05, 4.69) is 24.3 Å². The highest BCUT2D eigenvalue weighted by Crippen LogP contribution is 2.27. The van der Waals surface area contributed by atoms with Gasteiger partial charge in [0.05, 0.1) is 27.2 Å². The number of hydrogen-bond acceptors (Lipinski definition) is 4. The Kier molecular flexibility index (Phi) is 12.6. The quantitative estimate of drug-likeness (QED) is 0.330. The van der Waals surface area contributed by atoms with Crippen LogP contribution in [0.3, 0.4) is 0 Å². The molecule has 1 heterocycles. The van der Waals surface area contributed by atoms with Crippen molar-refractivity contribution in [2.24, 2.45) is 0 Å². The van der Waals surface area contributed by atoms with E-state index in [9.17, 15) is 4.79 Å². The van der Waals surface area contributed by atoms with Crippen molar-refractivity contribution in [1.82, 2.24) is 0 Å². The van der Waals surface area contributed by atoms with Crippen LogP contribution in [-0.4, -0.2) is 66.4 Å². The molecule has 0 bridgehead atoms. The van der Waals surface area contributed by atoms with Crippen LogP contribution < -0.4 is 44.1 Å². The highest BCUT2D eigenvalue weighted by atomic mass is 35.5. The molecule has 2 N–H and O–H groups in total. The number of halogens is 2. The summed E-state index contributed by atoms with van der Waals surface area (Å²) in [6, 6.07) is 15.8. The third-order valence-electron chi connectivity index (χ3n) is 6.01. The van der Waals surface area contributed by atoms with E-state index in [-0.39, 0.29) is 36.7 Å². The molecule has 32 heavy (non-hydrogen) atoms. The van der Waals surface area contributed by atoms with E-state index < -0.39 is 0 Å². The second-order valence-electron chi connectivity index (χ2n) is 7.83. The monoisotopic (exact) mass is 484 g/mol. The lowest BCUT2D eigenvalue weighted by Crippen LogP contribution is -3.28. The van der Waals surface area contributed by atoms with Gasteiger partial charge in [0.1, 0.15) is 38.8 Å². The molecule has 1 saturated heterocycles. The number of benzene rings is 2. The maximum absolute atomic E-state index is 12.6. The van der Waals surface area contributed by atoms with Gasteiger partial charge in [-0.3, -0.25) is 4.79 Å². The lowest BCUT2D eigenvalue weighted by atomic mass is 10.1.